The molecule has 0 radical (unpaired) electrons. The number of hydrogen-bond donors (Lipinski definition) is 7. The van der Waals surface area contributed by atoms with E-state index in [2.05, 4.69) is 26.6 Å². The first-order chi connectivity index (χ1) is 36.9. The van der Waals surface area contributed by atoms with Gasteiger partial charge in [-0.1, -0.05) is 111 Å². The number of alkyl carbamates (subject to hydrolysis) is 1. The third-order valence-corrected chi connectivity index (χ3v) is 13.8. The van der Waals surface area contributed by atoms with Gasteiger partial charge in [0.25, 0.3) is 0 Å². The standard InChI is InChI=1S/C57H78N5O15PS/c1-54(2,3)75-53(70)62-46(40-22-26-42(27-23-40)72-34-38-18-14-12-15-19-38)50(67)60-44(36-74-78(71,76-55(4,5)6)77-56(7,8)9)49(66)61-47(41-24-28-43(29-25-41)73-35-39-20-16-13-17-21-39)52(69)79-33-32-58-45(64)30-31-59-51(68)48(65)57(10,11)37-63/h12-29,44,46-48,63,65H,30-37H2,1-11H3,(H,58,64)(H,59,68)(H,60,67)(H,61,66)(H,62,70)/t44-,46+,47?,48-/m0/s1. The van der Waals surface area contributed by atoms with E-state index >= 15 is 0 Å². The molecule has 432 valence electrons. The molecule has 5 amide bonds. The highest BCUT2D eigenvalue weighted by molar-refractivity contribution is 8.13. The SMILES string of the molecule is CC(C)(C)OC(=O)N[C@@H](C(=O)N[C@@H](COP(=O)(OC(C)(C)C)OC(C)(C)C)C(=O)NC(C(=O)SCCNC(=O)CCNC(=O)[C@H](O)C(C)(C)CO)c1ccc(OCc2ccccc2)cc1)c1ccc(OCc2ccccc2)cc1. The van der Waals surface area contributed by atoms with Crippen LogP contribution in [0, 0.1) is 5.41 Å². The lowest BCUT2D eigenvalue weighted by Crippen LogP contribution is -2.53. The van der Waals surface area contributed by atoms with E-state index in [-0.39, 0.29) is 44.0 Å². The summed E-state index contributed by atoms with van der Waals surface area (Å²) in [6.07, 6.45) is -2.62. The number of benzene rings is 4. The first-order valence-corrected chi connectivity index (χ1v) is 28.2. The summed E-state index contributed by atoms with van der Waals surface area (Å²) in [5, 5.41) is 32.3. The van der Waals surface area contributed by atoms with Crippen LogP contribution in [-0.4, -0.2) is 106 Å². The number of carbonyl (C=O) groups is 6. The van der Waals surface area contributed by atoms with E-state index in [9.17, 15) is 43.5 Å². The zero-order chi connectivity index (χ0) is 58.6. The second kappa shape index (κ2) is 29.8. The summed E-state index contributed by atoms with van der Waals surface area (Å²) in [6.45, 7) is 16.8. The number of carbonyl (C=O) groups excluding carboxylic acids is 6. The number of amides is 5. The van der Waals surface area contributed by atoms with Crippen LogP contribution in [0.5, 0.6) is 11.5 Å². The highest BCUT2D eigenvalue weighted by atomic mass is 32.2. The Labute approximate surface area is 467 Å². The van der Waals surface area contributed by atoms with Crippen LogP contribution in [0.3, 0.4) is 0 Å². The number of thioether (sulfide) groups is 1. The molecule has 4 aromatic carbocycles. The van der Waals surface area contributed by atoms with Crippen LogP contribution >= 0.6 is 19.6 Å². The van der Waals surface area contributed by atoms with E-state index in [1.807, 2.05) is 60.7 Å². The third kappa shape index (κ3) is 23.9. The van der Waals surface area contributed by atoms with Gasteiger partial charge in [0.05, 0.1) is 24.4 Å². The van der Waals surface area contributed by atoms with Gasteiger partial charge in [0.15, 0.2) is 0 Å². The van der Waals surface area contributed by atoms with E-state index < -0.39 is 102 Å². The van der Waals surface area contributed by atoms with Gasteiger partial charge in [-0.25, -0.2) is 9.36 Å². The molecule has 20 nitrogen and oxygen atoms in total. The van der Waals surface area contributed by atoms with E-state index in [1.165, 1.54) is 13.8 Å². The predicted molar refractivity (Wildman–Crippen MR) is 300 cm³/mol. The average Bonchev–Trinajstić information content (AvgIpc) is 3.37. The molecule has 0 aliphatic carbocycles. The maximum absolute atomic E-state index is 14.9. The molecular weight excluding hydrogens is 1060 g/mol. The molecule has 0 fully saturated rings. The second-order valence-corrected chi connectivity index (χ2v) is 24.6. The van der Waals surface area contributed by atoms with Crippen LogP contribution in [-0.2, 0) is 60.1 Å². The van der Waals surface area contributed by atoms with Crippen LogP contribution in [0.2, 0.25) is 0 Å². The molecule has 0 aliphatic rings. The Morgan fingerprint density at radius 2 is 1.08 bits per heavy atom. The van der Waals surface area contributed by atoms with Crippen molar-refractivity contribution in [2.75, 3.05) is 32.1 Å². The first-order valence-electron chi connectivity index (χ1n) is 25.7. The van der Waals surface area contributed by atoms with Crippen molar-refractivity contribution in [2.24, 2.45) is 5.41 Å². The van der Waals surface area contributed by atoms with Crippen molar-refractivity contribution in [1.82, 2.24) is 26.6 Å². The number of aliphatic hydroxyl groups excluding tert-OH is 2. The molecule has 22 heteroatoms. The van der Waals surface area contributed by atoms with Crippen molar-refractivity contribution in [1.29, 1.82) is 0 Å². The minimum absolute atomic E-state index is 0.00812. The zero-order valence-electron chi connectivity index (χ0n) is 46.9. The molecule has 79 heavy (non-hydrogen) atoms. The van der Waals surface area contributed by atoms with Gasteiger partial charge in [0.1, 0.15) is 54.5 Å². The number of phosphoric ester groups is 1. The highest BCUT2D eigenvalue weighted by Crippen LogP contribution is 2.55. The van der Waals surface area contributed by atoms with Gasteiger partial charge >= 0.3 is 13.9 Å². The number of nitrogens with one attached hydrogen (secondary N) is 5. The molecule has 7 N–H and O–H groups in total. The average molecular weight is 1140 g/mol. The quantitative estimate of drug-likeness (QED) is 0.0211. The Morgan fingerprint density at radius 1 is 0.582 bits per heavy atom. The number of ether oxygens (including phenoxy) is 3. The van der Waals surface area contributed by atoms with Crippen molar-refractivity contribution < 1.29 is 71.3 Å². The molecule has 1 unspecified atom stereocenters. The van der Waals surface area contributed by atoms with Gasteiger partial charge < -0.3 is 51.0 Å². The molecule has 0 bridgehead atoms. The van der Waals surface area contributed by atoms with Gasteiger partial charge in [-0.3, -0.25) is 37.5 Å². The van der Waals surface area contributed by atoms with Gasteiger partial charge in [0.2, 0.25) is 28.7 Å². The number of hydrogen-bond acceptors (Lipinski definition) is 16. The van der Waals surface area contributed by atoms with Gasteiger partial charge in [0, 0.05) is 30.7 Å². The molecular formula is C57H78N5O15PS. The summed E-state index contributed by atoms with van der Waals surface area (Å²) in [7, 11) is -4.55. The van der Waals surface area contributed by atoms with E-state index in [0.717, 1.165) is 22.9 Å². The van der Waals surface area contributed by atoms with Crippen molar-refractivity contribution in [3.05, 3.63) is 131 Å². The fraction of sp³-hybridized carbons (Fsp3) is 0.474. The van der Waals surface area contributed by atoms with E-state index in [4.69, 9.17) is 27.8 Å². The Hall–Kier alpha value is -6.32. The minimum atomic E-state index is -4.55. The molecule has 4 rings (SSSR count). The second-order valence-electron chi connectivity index (χ2n) is 22.0. The zero-order valence-corrected chi connectivity index (χ0v) is 48.6. The summed E-state index contributed by atoms with van der Waals surface area (Å²) >= 11 is 0.785. The summed E-state index contributed by atoms with van der Waals surface area (Å²) in [5.41, 5.74) is -1.88. The Bertz CT molecular complexity index is 2640. The lowest BCUT2D eigenvalue weighted by atomic mass is 9.87. The number of rotatable bonds is 28. The summed E-state index contributed by atoms with van der Waals surface area (Å²) < 4.78 is 49.5. The lowest BCUT2D eigenvalue weighted by Gasteiger charge is -2.32. The van der Waals surface area contributed by atoms with Crippen molar-refractivity contribution in [3.8, 4) is 11.5 Å². The van der Waals surface area contributed by atoms with E-state index in [0.29, 0.717) is 17.1 Å². The molecule has 4 aromatic rings. The summed E-state index contributed by atoms with van der Waals surface area (Å²) in [4.78, 5) is 82.4. The van der Waals surface area contributed by atoms with E-state index in [1.54, 1.807) is 111 Å². The molecule has 4 atom stereocenters. The van der Waals surface area contributed by atoms with Crippen molar-refractivity contribution in [3.63, 3.8) is 0 Å². The Kier molecular flexibility index (Phi) is 24.6. The van der Waals surface area contributed by atoms with Gasteiger partial charge in [-0.05, 0) is 109 Å². The largest absolute Gasteiger partial charge is 0.489 e. The van der Waals surface area contributed by atoms with Crippen LogP contribution in [0.15, 0.2) is 109 Å². The van der Waals surface area contributed by atoms with Crippen LogP contribution in [0.25, 0.3) is 0 Å². The van der Waals surface area contributed by atoms with Gasteiger partial charge in [-0.2, -0.15) is 0 Å². The molecule has 0 saturated heterocycles. The van der Waals surface area contributed by atoms with Crippen molar-refractivity contribution in [2.45, 2.75) is 137 Å². The maximum atomic E-state index is 14.9. The normalized spacial score (nSPS) is 13.6. The topological polar surface area (TPSA) is 275 Å². The summed E-state index contributed by atoms with van der Waals surface area (Å²) in [6, 6.07) is 27.0. The third-order valence-electron chi connectivity index (χ3n) is 10.9. The molecule has 0 aromatic heterocycles. The fourth-order valence-electron chi connectivity index (χ4n) is 6.94. The molecule has 0 heterocycles. The lowest BCUT2D eigenvalue weighted by molar-refractivity contribution is -0.137. The highest BCUT2D eigenvalue weighted by Gasteiger charge is 2.40. The maximum Gasteiger partial charge on any atom is 0.475 e. The van der Waals surface area contributed by atoms with Crippen LogP contribution < -0.4 is 36.1 Å². The smallest absolute Gasteiger partial charge is 0.475 e. The molecule has 0 aliphatic heterocycles. The first kappa shape index (κ1) is 65.2. The molecule has 0 spiro atoms. The van der Waals surface area contributed by atoms with Crippen molar-refractivity contribution >= 4 is 54.4 Å². The Morgan fingerprint density at radius 3 is 1.54 bits per heavy atom. The Balaban J connectivity index is 1.66. The van der Waals surface area contributed by atoms with Gasteiger partial charge in [-0.15, -0.1) is 0 Å². The number of aliphatic hydroxyl groups is 2. The van der Waals surface area contributed by atoms with Crippen LogP contribution in [0.1, 0.15) is 117 Å². The fourth-order valence-corrected chi connectivity index (χ4v) is 9.52. The molecule has 0 saturated carbocycles. The summed E-state index contributed by atoms with van der Waals surface area (Å²) in [5.74, 6) is -2.20. The predicted octanol–water partition coefficient (Wildman–Crippen LogP) is 7.77. The monoisotopic (exact) mass is 1140 g/mol. The van der Waals surface area contributed by atoms with Crippen LogP contribution in [0.4, 0.5) is 4.79 Å². The minimum Gasteiger partial charge on any atom is -0.489 e. The number of phosphoric acid groups is 1.